The van der Waals surface area contributed by atoms with Crippen molar-refractivity contribution in [2.45, 2.75) is 6.42 Å². The number of benzene rings is 2. The Bertz CT molecular complexity index is 1240. The third-order valence-electron chi connectivity index (χ3n) is 5.02. The molecule has 0 fully saturated rings. The molecule has 5 N–H and O–H groups in total. The molecule has 0 bridgehead atoms. The Morgan fingerprint density at radius 1 is 1.11 bits per heavy atom. The van der Waals surface area contributed by atoms with E-state index >= 15 is 0 Å². The van der Waals surface area contributed by atoms with Crippen molar-refractivity contribution < 1.29 is 4.79 Å². The Labute approximate surface area is 213 Å². The lowest BCUT2D eigenvalue weighted by atomic mass is 10.0. The molecule has 3 rings (SSSR count). The summed E-state index contributed by atoms with van der Waals surface area (Å²) in [4.78, 5) is 23.2. The molecule has 1 amide bonds. The number of carbonyl (C=O) groups excluding carboxylic acids is 1. The number of aromatic nitrogens is 1. The number of anilines is 1. The molecule has 9 nitrogen and oxygen atoms in total. The Morgan fingerprint density at radius 2 is 1.86 bits per heavy atom. The van der Waals surface area contributed by atoms with Crippen LogP contribution in [0.1, 0.15) is 22.3 Å². The molecule has 1 heterocycles. The van der Waals surface area contributed by atoms with Crippen molar-refractivity contribution in [2.24, 2.45) is 21.2 Å². The first-order valence-electron chi connectivity index (χ1n) is 10.7. The van der Waals surface area contributed by atoms with E-state index in [0.717, 1.165) is 24.1 Å². The number of amides is 1. The van der Waals surface area contributed by atoms with E-state index in [1.807, 2.05) is 26.2 Å². The highest BCUT2D eigenvalue weighted by Gasteiger charge is 2.14. The second kappa shape index (κ2) is 12.3. The first kappa shape index (κ1) is 26.1. The number of hydrogen-bond donors (Lipinski definition) is 3. The fourth-order valence-electron chi connectivity index (χ4n) is 3.21. The minimum Gasteiger partial charge on any atom is -0.383 e. The molecule has 0 saturated carbocycles. The number of nitrogens with one attached hydrogen (secondary N) is 1. The lowest BCUT2D eigenvalue weighted by Crippen LogP contribution is -2.27. The number of nitrogens with two attached hydrogens (primary N) is 2. The van der Waals surface area contributed by atoms with Gasteiger partial charge in [-0.3, -0.25) is 4.79 Å². The average molecular weight is 513 g/mol. The molecule has 0 aliphatic rings. The predicted molar refractivity (Wildman–Crippen MR) is 141 cm³/mol. The first-order chi connectivity index (χ1) is 16.8. The van der Waals surface area contributed by atoms with E-state index < -0.39 is 0 Å². The van der Waals surface area contributed by atoms with Gasteiger partial charge < -0.3 is 21.8 Å². The summed E-state index contributed by atoms with van der Waals surface area (Å²) in [7, 11) is 4.00. The van der Waals surface area contributed by atoms with Gasteiger partial charge in [0.05, 0.1) is 21.3 Å². The fourth-order valence-corrected chi connectivity index (χ4v) is 3.55. The van der Waals surface area contributed by atoms with Crippen LogP contribution >= 0.6 is 23.2 Å². The summed E-state index contributed by atoms with van der Waals surface area (Å²) < 4.78 is 0. The van der Waals surface area contributed by atoms with Crippen LogP contribution in [0.15, 0.2) is 70.1 Å². The number of rotatable bonds is 8. The van der Waals surface area contributed by atoms with Crippen LogP contribution in [0.25, 0.3) is 11.1 Å². The van der Waals surface area contributed by atoms with E-state index in [-0.39, 0.29) is 22.6 Å². The predicted octanol–water partition coefficient (Wildman–Crippen LogP) is 4.72. The fraction of sp³-hybridized carbons (Fsp3) is 0.208. The molecule has 1 aromatic heterocycles. The molecule has 35 heavy (non-hydrogen) atoms. The van der Waals surface area contributed by atoms with Gasteiger partial charge in [0.25, 0.3) is 5.91 Å². The van der Waals surface area contributed by atoms with E-state index in [2.05, 4.69) is 30.5 Å². The molecule has 0 atom stereocenters. The van der Waals surface area contributed by atoms with Crippen molar-refractivity contribution in [3.63, 3.8) is 0 Å². The van der Waals surface area contributed by atoms with Gasteiger partial charge in [-0.15, -0.1) is 5.11 Å². The van der Waals surface area contributed by atoms with Crippen LogP contribution < -0.4 is 16.9 Å². The third-order valence-corrected chi connectivity index (χ3v) is 5.83. The van der Waals surface area contributed by atoms with Crippen LogP contribution in [-0.4, -0.2) is 48.8 Å². The molecular formula is C24H26Cl2N8O. The van der Waals surface area contributed by atoms with Crippen molar-refractivity contribution in [1.82, 2.24) is 15.2 Å². The molecule has 0 spiro atoms. The molecule has 3 aromatic rings. The number of nitrogen functional groups attached to an aromatic ring is 1. The van der Waals surface area contributed by atoms with Crippen molar-refractivity contribution in [3.05, 3.63) is 75.9 Å². The minimum atomic E-state index is -0.123. The third kappa shape index (κ3) is 6.98. The van der Waals surface area contributed by atoms with Crippen LogP contribution in [0.5, 0.6) is 0 Å². The van der Waals surface area contributed by atoms with Crippen LogP contribution in [0, 0.1) is 0 Å². The monoisotopic (exact) mass is 512 g/mol. The molecule has 0 aliphatic heterocycles. The summed E-state index contributed by atoms with van der Waals surface area (Å²) in [5, 5.41) is 10.8. The summed E-state index contributed by atoms with van der Waals surface area (Å²) in [6.45, 7) is 1.52. The van der Waals surface area contributed by atoms with Gasteiger partial charge in [-0.2, -0.15) is 0 Å². The second-order valence-electron chi connectivity index (χ2n) is 7.87. The number of pyridine rings is 1. The van der Waals surface area contributed by atoms with Crippen LogP contribution in [0.2, 0.25) is 10.0 Å². The number of aliphatic imine (C=N–C) groups is 1. The number of nitrogens with zero attached hydrogens (tertiary/aromatic N) is 5. The minimum absolute atomic E-state index is 0.122. The topological polar surface area (TPSA) is 134 Å². The molecule has 2 aromatic carbocycles. The van der Waals surface area contributed by atoms with Crippen LogP contribution in [0.3, 0.4) is 0 Å². The highest BCUT2D eigenvalue weighted by atomic mass is 35.5. The summed E-state index contributed by atoms with van der Waals surface area (Å²) in [6, 6.07) is 14.0. The highest BCUT2D eigenvalue weighted by molar-refractivity contribution is 6.43. The average Bonchev–Trinajstić information content (AvgIpc) is 2.84. The summed E-state index contributed by atoms with van der Waals surface area (Å²) >= 11 is 12.4. The van der Waals surface area contributed by atoms with Gasteiger partial charge in [0, 0.05) is 23.9 Å². The van der Waals surface area contributed by atoms with Crippen molar-refractivity contribution in [3.8, 4) is 11.1 Å². The zero-order valence-electron chi connectivity index (χ0n) is 19.4. The van der Waals surface area contributed by atoms with Gasteiger partial charge in [-0.1, -0.05) is 46.6 Å². The molecule has 0 unspecified atom stereocenters. The molecule has 0 aliphatic carbocycles. The van der Waals surface area contributed by atoms with E-state index in [0.29, 0.717) is 28.4 Å². The van der Waals surface area contributed by atoms with Gasteiger partial charge in [-0.05, 0) is 63.0 Å². The Balaban J connectivity index is 1.86. The second-order valence-corrected chi connectivity index (χ2v) is 8.66. The summed E-state index contributed by atoms with van der Waals surface area (Å²) in [6.07, 6.45) is 2.50. The van der Waals surface area contributed by atoms with Gasteiger partial charge >= 0.3 is 0 Å². The maximum absolute atomic E-state index is 12.4. The zero-order chi connectivity index (χ0) is 25.4. The van der Waals surface area contributed by atoms with Crippen molar-refractivity contribution >= 4 is 46.4 Å². The highest BCUT2D eigenvalue weighted by Crippen LogP contribution is 2.33. The summed E-state index contributed by atoms with van der Waals surface area (Å²) in [5.74, 6) is 5.49. The standard InChI is InChI=1S/C24H26Cl2N8O/c1-34(2)12-4-11-29-24(35)16-9-7-15(8-10-16)17-13-18(22(27)30-14-17)23(32-33-28)31-20-6-3-5-19(25)21(20)26/h3,5-10,13-14H,4,11-12H2,1-2H3,(H2,27,30)(H,29,35)(H2,28,31,32). The van der Waals surface area contributed by atoms with Crippen LogP contribution in [-0.2, 0) is 0 Å². The number of hydrogen-bond acceptors (Lipinski definition) is 6. The normalized spacial score (nSPS) is 11.9. The smallest absolute Gasteiger partial charge is 0.251 e. The van der Waals surface area contributed by atoms with Gasteiger partial charge in [0.15, 0.2) is 5.84 Å². The zero-order valence-corrected chi connectivity index (χ0v) is 20.9. The van der Waals surface area contributed by atoms with Crippen molar-refractivity contribution in [2.75, 3.05) is 32.9 Å². The first-order valence-corrected chi connectivity index (χ1v) is 11.5. The molecule has 0 radical (unpaired) electrons. The SMILES string of the molecule is CN(C)CCCNC(=O)c1ccc(-c2cnc(N)c(C(N=NN)=Nc3cccc(Cl)c3Cl)c2)cc1. The van der Waals surface area contributed by atoms with Crippen LogP contribution in [0.4, 0.5) is 11.5 Å². The lowest BCUT2D eigenvalue weighted by Gasteiger charge is -2.11. The molecule has 0 saturated heterocycles. The Kier molecular flexibility index (Phi) is 9.13. The van der Waals surface area contributed by atoms with Crippen molar-refractivity contribution in [1.29, 1.82) is 0 Å². The van der Waals surface area contributed by atoms with E-state index in [4.69, 9.17) is 34.8 Å². The quantitative estimate of drug-likeness (QED) is 0.100. The number of amidine groups is 1. The van der Waals surface area contributed by atoms with E-state index in [9.17, 15) is 4.79 Å². The maximum atomic E-state index is 12.4. The number of halogens is 2. The largest absolute Gasteiger partial charge is 0.383 e. The Hall–Kier alpha value is -3.53. The molecular weight excluding hydrogens is 487 g/mol. The van der Waals surface area contributed by atoms with Gasteiger partial charge in [-0.25, -0.2) is 9.98 Å². The summed E-state index contributed by atoms with van der Waals surface area (Å²) in [5.41, 5.74) is 9.04. The molecule has 11 heteroatoms. The van der Waals surface area contributed by atoms with E-state index in [1.54, 1.807) is 42.6 Å². The number of carbonyl (C=O) groups is 1. The molecule has 182 valence electrons. The Morgan fingerprint density at radius 3 is 2.54 bits per heavy atom. The lowest BCUT2D eigenvalue weighted by molar-refractivity contribution is 0.0952. The maximum Gasteiger partial charge on any atom is 0.251 e. The van der Waals surface area contributed by atoms with Gasteiger partial charge in [0.1, 0.15) is 5.82 Å². The van der Waals surface area contributed by atoms with Gasteiger partial charge in [0.2, 0.25) is 0 Å². The van der Waals surface area contributed by atoms with E-state index in [1.165, 1.54) is 0 Å².